The van der Waals surface area contributed by atoms with Crippen molar-refractivity contribution >= 4 is 21.8 Å². The zero-order chi connectivity index (χ0) is 35.1. The van der Waals surface area contributed by atoms with Crippen molar-refractivity contribution in [3.05, 3.63) is 78.4 Å². The van der Waals surface area contributed by atoms with Crippen LogP contribution in [0.5, 0.6) is 0 Å². The van der Waals surface area contributed by atoms with E-state index in [2.05, 4.69) is 20.4 Å². The molecule has 2 aromatic rings. The second-order valence-corrected chi connectivity index (χ2v) is 16.9. The summed E-state index contributed by atoms with van der Waals surface area (Å²) in [6.07, 6.45) is 2.54. The lowest BCUT2D eigenvalue weighted by Crippen LogP contribution is -2.38. The summed E-state index contributed by atoms with van der Waals surface area (Å²) in [7, 11) is -3.58. The van der Waals surface area contributed by atoms with Gasteiger partial charge in [-0.2, -0.15) is 0 Å². The highest BCUT2D eigenvalue weighted by Gasteiger charge is 2.46. The van der Waals surface area contributed by atoms with Crippen LogP contribution in [-0.4, -0.2) is 63.7 Å². The number of carbonyl (C=O) groups excluding carboxylic acids is 2. The molecule has 0 radical (unpaired) electrons. The van der Waals surface area contributed by atoms with Gasteiger partial charge in [0.25, 0.3) is 0 Å². The molecule has 0 saturated carbocycles. The van der Waals surface area contributed by atoms with E-state index in [1.807, 2.05) is 39.8 Å². The smallest absolute Gasteiger partial charge is 0.338 e. The highest BCUT2D eigenvalue weighted by molar-refractivity contribution is 7.91. The van der Waals surface area contributed by atoms with Crippen molar-refractivity contribution in [3.8, 4) is 0 Å². The summed E-state index contributed by atoms with van der Waals surface area (Å²) in [4.78, 5) is 25.0. The van der Waals surface area contributed by atoms with Gasteiger partial charge in [0, 0.05) is 12.3 Å². The lowest BCUT2D eigenvalue weighted by Gasteiger charge is -2.38. The Balaban J connectivity index is 1.43. The van der Waals surface area contributed by atoms with Gasteiger partial charge in [-0.25, -0.2) is 13.2 Å². The lowest BCUT2D eigenvalue weighted by atomic mass is 9.82. The van der Waals surface area contributed by atoms with Gasteiger partial charge in [0.1, 0.15) is 0 Å². The third-order valence-electron chi connectivity index (χ3n) is 9.73. The molecule has 0 N–H and O–H groups in total. The first kappa shape index (κ1) is 37.8. The third-order valence-corrected chi connectivity index (χ3v) is 11.5. The van der Waals surface area contributed by atoms with Gasteiger partial charge in [-0.1, -0.05) is 63.7 Å². The first-order valence-electron chi connectivity index (χ1n) is 17.3. The van der Waals surface area contributed by atoms with Crippen LogP contribution >= 0.6 is 0 Å². The number of hydrogen-bond donors (Lipinski definition) is 0. The van der Waals surface area contributed by atoms with Crippen molar-refractivity contribution in [1.29, 1.82) is 0 Å². The average Bonchev–Trinajstić information content (AvgIpc) is 3.32. The fourth-order valence-electron chi connectivity index (χ4n) is 6.68. The molecule has 2 aliphatic rings. The van der Waals surface area contributed by atoms with Crippen molar-refractivity contribution < 1.29 is 37.0 Å². The average molecular weight is 683 g/mol. The van der Waals surface area contributed by atoms with E-state index in [9.17, 15) is 18.0 Å². The van der Waals surface area contributed by atoms with E-state index in [-0.39, 0.29) is 72.4 Å². The van der Waals surface area contributed by atoms with Crippen LogP contribution in [0.4, 0.5) is 0 Å². The minimum Gasteiger partial charge on any atom is -0.465 e. The Morgan fingerprint density at radius 2 is 1.60 bits per heavy atom. The number of sulfone groups is 1. The molecule has 264 valence electrons. The molecule has 0 amide bonds. The Morgan fingerprint density at radius 3 is 2.25 bits per heavy atom. The number of benzene rings is 2. The van der Waals surface area contributed by atoms with E-state index in [0.29, 0.717) is 36.3 Å². The Kier molecular flexibility index (Phi) is 13.1. The summed E-state index contributed by atoms with van der Waals surface area (Å²) in [5.74, 6) is -0.690. The zero-order valence-corrected chi connectivity index (χ0v) is 30.2. The Hall–Kier alpha value is -3.01. The predicted octanol–water partition coefficient (Wildman–Crippen LogP) is 7.47. The molecule has 2 aliphatic heterocycles. The molecule has 0 aliphatic carbocycles. The molecule has 48 heavy (non-hydrogen) atoms. The molecule has 4 rings (SSSR count). The second kappa shape index (κ2) is 16.6. The number of rotatable bonds is 14. The molecular formula is C39H54O8S. The second-order valence-electron chi connectivity index (χ2n) is 14.9. The van der Waals surface area contributed by atoms with Crippen molar-refractivity contribution in [2.75, 3.05) is 19.0 Å². The van der Waals surface area contributed by atoms with E-state index in [4.69, 9.17) is 18.9 Å². The van der Waals surface area contributed by atoms with Crippen LogP contribution in [0.2, 0.25) is 0 Å². The summed E-state index contributed by atoms with van der Waals surface area (Å²) in [6, 6.07) is 17.5. The van der Waals surface area contributed by atoms with Gasteiger partial charge < -0.3 is 18.9 Å². The Bertz CT molecular complexity index is 1470. The summed E-state index contributed by atoms with van der Waals surface area (Å²) in [5, 5.41) is 0. The number of hydrogen-bond acceptors (Lipinski definition) is 8. The van der Waals surface area contributed by atoms with Crippen molar-refractivity contribution in [1.82, 2.24) is 0 Å². The normalized spacial score (nSPS) is 27.0. The van der Waals surface area contributed by atoms with Crippen LogP contribution in [0, 0.1) is 29.1 Å². The number of carbonyl (C=O) groups is 2. The van der Waals surface area contributed by atoms with Crippen LogP contribution < -0.4 is 0 Å². The van der Waals surface area contributed by atoms with Gasteiger partial charge >= 0.3 is 11.9 Å². The minimum absolute atomic E-state index is 0.00734. The third kappa shape index (κ3) is 10.3. The maximum Gasteiger partial charge on any atom is 0.338 e. The highest BCUT2D eigenvalue weighted by atomic mass is 32.2. The lowest BCUT2D eigenvalue weighted by molar-refractivity contribution is -0.153. The molecule has 0 aromatic heterocycles. The summed E-state index contributed by atoms with van der Waals surface area (Å²) < 4.78 is 51.7. The summed E-state index contributed by atoms with van der Waals surface area (Å²) >= 11 is 0. The van der Waals surface area contributed by atoms with Crippen LogP contribution in [0.15, 0.2) is 77.7 Å². The van der Waals surface area contributed by atoms with Gasteiger partial charge in [0.15, 0.2) is 9.84 Å². The summed E-state index contributed by atoms with van der Waals surface area (Å²) in [6.45, 7) is 16.7. The van der Waals surface area contributed by atoms with E-state index in [1.165, 1.54) is 0 Å². The van der Waals surface area contributed by atoms with Gasteiger partial charge in [0.05, 0.1) is 59.3 Å². The molecule has 2 heterocycles. The maximum atomic E-state index is 13.6. The predicted molar refractivity (Wildman–Crippen MR) is 186 cm³/mol. The fourth-order valence-corrected chi connectivity index (χ4v) is 8.46. The van der Waals surface area contributed by atoms with Crippen LogP contribution in [0.1, 0.15) is 84.0 Å². The first-order chi connectivity index (χ1) is 22.7. The van der Waals surface area contributed by atoms with Gasteiger partial charge in [-0.15, -0.1) is 0 Å². The van der Waals surface area contributed by atoms with Crippen LogP contribution in [-0.2, 0) is 33.6 Å². The molecule has 2 fully saturated rings. The number of esters is 2. The van der Waals surface area contributed by atoms with Crippen LogP contribution in [0.25, 0.3) is 0 Å². The summed E-state index contributed by atoms with van der Waals surface area (Å²) in [5.41, 5.74) is 0.966. The number of ether oxygens (including phenoxy) is 4. The maximum absolute atomic E-state index is 13.6. The molecular weight excluding hydrogens is 628 g/mol. The largest absolute Gasteiger partial charge is 0.465 e. The molecule has 2 aromatic carbocycles. The van der Waals surface area contributed by atoms with Gasteiger partial charge in [-0.05, 0) is 94.0 Å². The molecule has 2 saturated heterocycles. The molecule has 8 nitrogen and oxygen atoms in total. The highest BCUT2D eigenvalue weighted by Crippen LogP contribution is 2.42. The van der Waals surface area contributed by atoms with E-state index < -0.39 is 15.3 Å². The first-order valence-corrected chi connectivity index (χ1v) is 19.0. The van der Waals surface area contributed by atoms with Crippen LogP contribution in [0.3, 0.4) is 0 Å². The Morgan fingerprint density at radius 1 is 0.958 bits per heavy atom. The van der Waals surface area contributed by atoms with E-state index >= 15 is 0 Å². The monoisotopic (exact) mass is 682 g/mol. The van der Waals surface area contributed by atoms with Gasteiger partial charge in [-0.3, -0.25) is 4.79 Å². The standard InChI is InChI=1S/C39H54O8S/c1-26(24-45-37(40)30-15-10-8-11-16-30)21-34-29(4)33(25-48(42,43)32-18-12-9-13-19-32)36(47-34)23-35-28(3)27(2)22-31(46-35)17-14-20-44-38(41)39(5,6)7/h8-13,15-16,18-19,26-27,29,31,33-36H,3,14,17,20-25H2,1-2,4-7H3/t26-,27+,29+,31-,33+,34+,35?,36-/m0/s1. The molecule has 9 heteroatoms. The van der Waals surface area contributed by atoms with E-state index in [0.717, 1.165) is 18.4 Å². The molecule has 0 bridgehead atoms. The Labute approximate surface area is 287 Å². The fraction of sp³-hybridized carbons (Fsp3) is 0.590. The SMILES string of the molecule is C=C1C(C[C@@H]2O[C@H](C[C@H](C)COC(=O)c3ccccc3)[C@H](C)[C@H]2CS(=O)(=O)c2ccccc2)O[C@@H](CCCOC(=O)C(C)(C)C)C[C@H]1C. The van der Waals surface area contributed by atoms with Gasteiger partial charge in [0.2, 0.25) is 0 Å². The van der Waals surface area contributed by atoms with Crippen molar-refractivity contribution in [2.45, 2.75) is 103 Å². The molecule has 8 atom stereocenters. The van der Waals surface area contributed by atoms with Crippen molar-refractivity contribution in [3.63, 3.8) is 0 Å². The molecule has 0 spiro atoms. The molecule has 1 unspecified atom stereocenters. The quantitative estimate of drug-likeness (QED) is 0.115. The topological polar surface area (TPSA) is 105 Å². The van der Waals surface area contributed by atoms with Crippen molar-refractivity contribution in [2.24, 2.45) is 29.1 Å². The van der Waals surface area contributed by atoms with E-state index in [1.54, 1.807) is 48.5 Å². The zero-order valence-electron chi connectivity index (χ0n) is 29.4. The minimum atomic E-state index is -3.58.